The summed E-state index contributed by atoms with van der Waals surface area (Å²) in [5, 5.41) is 0. The second kappa shape index (κ2) is 12.4. The van der Waals surface area contributed by atoms with Gasteiger partial charge in [-0.05, 0) is 0 Å². The number of thioether (sulfide) groups is 1. The third kappa shape index (κ3) is 8.57. The van der Waals surface area contributed by atoms with Crippen LogP contribution in [0.5, 0.6) is 0 Å². The van der Waals surface area contributed by atoms with Crippen LogP contribution in [0.2, 0.25) is 0 Å². The van der Waals surface area contributed by atoms with E-state index >= 15 is 0 Å². The maximum absolute atomic E-state index is 11.7. The van der Waals surface area contributed by atoms with Crippen molar-refractivity contribution in [2.24, 2.45) is 0 Å². The molecule has 0 bridgehead atoms. The lowest BCUT2D eigenvalue weighted by Crippen LogP contribution is -2.61. The highest BCUT2D eigenvalue weighted by molar-refractivity contribution is 7.99. The first-order chi connectivity index (χ1) is 14.0. The number of esters is 5. The molecular formula is C18H26O11S. The quantitative estimate of drug-likeness (QED) is 0.354. The van der Waals surface area contributed by atoms with Crippen molar-refractivity contribution in [2.75, 3.05) is 19.5 Å². The number of carbonyl (C=O) groups is 5. The molecule has 5 atom stereocenters. The SMILES string of the molecule is COC(=O)CCS[C@H]1O[C@H](COC(C)=O)[C@@H](OC(C)=O)[C@H](OC(C)=O)[C@H]1OC(C)=O. The lowest BCUT2D eigenvalue weighted by Gasteiger charge is -2.44. The fourth-order valence-electron chi connectivity index (χ4n) is 2.68. The third-order valence-electron chi connectivity index (χ3n) is 3.76. The van der Waals surface area contributed by atoms with Crippen LogP contribution in [0.4, 0.5) is 0 Å². The van der Waals surface area contributed by atoms with Crippen LogP contribution in [0.1, 0.15) is 34.1 Å². The number of rotatable bonds is 9. The first kappa shape index (κ1) is 25.7. The van der Waals surface area contributed by atoms with Crippen molar-refractivity contribution in [3.63, 3.8) is 0 Å². The standard InChI is InChI=1S/C18H26O11S/c1-9(19)25-8-13-15(26-10(2)20)16(27-11(3)21)17(28-12(4)22)18(29-13)30-7-6-14(23)24-5/h13,15-18H,6-8H2,1-5H3/t13-,15-,16+,17-,18-/m1/s1. The normalized spacial score (nSPS) is 25.6. The first-order valence-corrected chi connectivity index (χ1v) is 10.1. The Morgan fingerprint density at radius 3 is 1.83 bits per heavy atom. The zero-order valence-electron chi connectivity index (χ0n) is 17.4. The summed E-state index contributed by atoms with van der Waals surface area (Å²) >= 11 is 1.11. The van der Waals surface area contributed by atoms with Crippen molar-refractivity contribution in [3.05, 3.63) is 0 Å². The minimum absolute atomic E-state index is 0.0496. The molecular weight excluding hydrogens is 424 g/mol. The molecule has 1 aliphatic heterocycles. The lowest BCUT2D eigenvalue weighted by molar-refractivity contribution is -0.237. The maximum Gasteiger partial charge on any atom is 0.306 e. The Balaban J connectivity index is 3.20. The molecule has 11 nitrogen and oxygen atoms in total. The van der Waals surface area contributed by atoms with E-state index in [0.717, 1.165) is 32.5 Å². The average molecular weight is 450 g/mol. The highest BCUT2D eigenvalue weighted by atomic mass is 32.2. The van der Waals surface area contributed by atoms with Gasteiger partial charge >= 0.3 is 29.8 Å². The van der Waals surface area contributed by atoms with Gasteiger partial charge in [0.25, 0.3) is 0 Å². The Morgan fingerprint density at radius 2 is 1.33 bits per heavy atom. The van der Waals surface area contributed by atoms with E-state index in [9.17, 15) is 24.0 Å². The molecule has 0 unspecified atom stereocenters. The van der Waals surface area contributed by atoms with Crippen molar-refractivity contribution < 1.29 is 52.4 Å². The van der Waals surface area contributed by atoms with Crippen LogP contribution in [0.15, 0.2) is 0 Å². The van der Waals surface area contributed by atoms with Crippen LogP contribution in [0.25, 0.3) is 0 Å². The predicted molar refractivity (Wildman–Crippen MR) is 101 cm³/mol. The van der Waals surface area contributed by atoms with E-state index < -0.39 is 59.7 Å². The van der Waals surface area contributed by atoms with Crippen molar-refractivity contribution >= 4 is 41.6 Å². The molecule has 0 radical (unpaired) electrons. The van der Waals surface area contributed by atoms with Gasteiger partial charge < -0.3 is 28.4 Å². The van der Waals surface area contributed by atoms with Crippen LogP contribution in [-0.2, 0) is 52.4 Å². The summed E-state index contributed by atoms with van der Waals surface area (Å²) in [7, 11) is 1.25. The van der Waals surface area contributed by atoms with Gasteiger partial charge in [-0.3, -0.25) is 24.0 Å². The Kier molecular flexibility index (Phi) is 10.6. The zero-order chi connectivity index (χ0) is 22.8. The Hall–Kier alpha value is -2.34. The van der Waals surface area contributed by atoms with Crippen LogP contribution in [-0.4, -0.2) is 79.2 Å². The molecule has 170 valence electrons. The first-order valence-electron chi connectivity index (χ1n) is 9.04. The summed E-state index contributed by atoms with van der Waals surface area (Å²) in [4.78, 5) is 57.6. The molecule has 12 heteroatoms. The monoisotopic (exact) mass is 450 g/mol. The van der Waals surface area contributed by atoms with Gasteiger partial charge in [-0.25, -0.2) is 0 Å². The summed E-state index contributed by atoms with van der Waals surface area (Å²) in [6.45, 7) is 4.34. The van der Waals surface area contributed by atoms with E-state index in [1.165, 1.54) is 14.0 Å². The minimum atomic E-state index is -1.22. The molecule has 1 rings (SSSR count). The predicted octanol–water partition coefficient (Wildman–Crippen LogP) is 0.366. The molecule has 1 fully saturated rings. The highest BCUT2D eigenvalue weighted by Crippen LogP contribution is 2.34. The van der Waals surface area contributed by atoms with E-state index in [0.29, 0.717) is 0 Å². The summed E-state index contributed by atoms with van der Waals surface area (Å²) in [6.07, 6.45) is -4.53. The number of methoxy groups -OCH3 is 1. The zero-order valence-corrected chi connectivity index (χ0v) is 18.2. The molecule has 0 aromatic carbocycles. The molecule has 0 aliphatic carbocycles. The molecule has 0 saturated carbocycles. The Morgan fingerprint density at radius 1 is 0.800 bits per heavy atom. The van der Waals surface area contributed by atoms with Crippen LogP contribution < -0.4 is 0 Å². The van der Waals surface area contributed by atoms with Crippen LogP contribution >= 0.6 is 11.8 Å². The summed E-state index contributed by atoms with van der Waals surface area (Å²) < 4.78 is 31.3. The van der Waals surface area contributed by atoms with E-state index in [2.05, 4.69) is 4.74 Å². The van der Waals surface area contributed by atoms with Gasteiger partial charge in [0, 0.05) is 33.4 Å². The van der Waals surface area contributed by atoms with Crippen molar-refractivity contribution in [2.45, 2.75) is 64.0 Å². The van der Waals surface area contributed by atoms with Crippen LogP contribution in [0.3, 0.4) is 0 Å². The van der Waals surface area contributed by atoms with E-state index in [4.69, 9.17) is 23.7 Å². The number of hydrogen-bond acceptors (Lipinski definition) is 12. The highest BCUT2D eigenvalue weighted by Gasteiger charge is 2.52. The van der Waals surface area contributed by atoms with Gasteiger partial charge in [-0.1, -0.05) is 0 Å². The molecule has 1 heterocycles. The minimum Gasteiger partial charge on any atom is -0.469 e. The second-order valence-corrected chi connectivity index (χ2v) is 7.47. The third-order valence-corrected chi connectivity index (χ3v) is 4.91. The smallest absolute Gasteiger partial charge is 0.306 e. The largest absolute Gasteiger partial charge is 0.469 e. The maximum atomic E-state index is 11.7. The van der Waals surface area contributed by atoms with Gasteiger partial charge in [0.2, 0.25) is 0 Å². The van der Waals surface area contributed by atoms with Crippen LogP contribution in [0, 0.1) is 0 Å². The second-order valence-electron chi connectivity index (χ2n) is 6.26. The van der Waals surface area contributed by atoms with Gasteiger partial charge in [0.15, 0.2) is 18.3 Å². The Bertz CT molecular complexity index is 650. The molecule has 0 spiro atoms. The summed E-state index contributed by atoms with van der Waals surface area (Å²) in [5.41, 5.74) is -0.907. The van der Waals surface area contributed by atoms with Gasteiger partial charge in [0.1, 0.15) is 18.1 Å². The topological polar surface area (TPSA) is 141 Å². The van der Waals surface area contributed by atoms with Crippen molar-refractivity contribution in [3.8, 4) is 0 Å². The molecule has 0 aromatic heterocycles. The van der Waals surface area contributed by atoms with Gasteiger partial charge in [-0.2, -0.15) is 0 Å². The number of ether oxygens (including phenoxy) is 6. The van der Waals surface area contributed by atoms with Crippen molar-refractivity contribution in [1.82, 2.24) is 0 Å². The molecule has 0 aromatic rings. The summed E-state index contributed by atoms with van der Waals surface area (Å²) in [5.74, 6) is -2.90. The molecule has 0 amide bonds. The number of hydrogen-bond donors (Lipinski definition) is 0. The summed E-state index contributed by atoms with van der Waals surface area (Å²) in [6, 6.07) is 0. The fraction of sp³-hybridized carbons (Fsp3) is 0.722. The van der Waals surface area contributed by atoms with E-state index in [-0.39, 0.29) is 18.8 Å². The average Bonchev–Trinajstić information content (AvgIpc) is 2.63. The Labute approximate surface area is 178 Å². The molecule has 0 N–H and O–H groups in total. The fourth-order valence-corrected chi connectivity index (χ4v) is 3.82. The molecule has 1 aliphatic rings. The molecule has 1 saturated heterocycles. The van der Waals surface area contributed by atoms with E-state index in [1.54, 1.807) is 0 Å². The van der Waals surface area contributed by atoms with Gasteiger partial charge in [0.05, 0.1) is 13.5 Å². The number of carbonyl (C=O) groups excluding carboxylic acids is 5. The van der Waals surface area contributed by atoms with Crippen molar-refractivity contribution in [1.29, 1.82) is 0 Å². The molecule has 30 heavy (non-hydrogen) atoms. The lowest BCUT2D eigenvalue weighted by atomic mass is 9.99. The van der Waals surface area contributed by atoms with Gasteiger partial charge in [-0.15, -0.1) is 11.8 Å². The van der Waals surface area contributed by atoms with E-state index in [1.807, 2.05) is 0 Å².